The SMILES string of the molecule is CCN(CC)c1ccc(-c2nc3c(ccc4c(=O)[nH][nH]c(=O)c43)[nH]2)c(O)c1. The van der Waals surface area contributed by atoms with Gasteiger partial charge < -0.3 is 15.0 Å². The molecular weight excluding hydrogens is 346 g/mol. The minimum atomic E-state index is -0.422. The fourth-order valence-electron chi connectivity index (χ4n) is 3.37. The molecule has 0 saturated heterocycles. The summed E-state index contributed by atoms with van der Waals surface area (Å²) in [7, 11) is 0. The van der Waals surface area contributed by atoms with Crippen molar-refractivity contribution in [3.8, 4) is 17.1 Å². The number of aromatic nitrogens is 4. The normalized spacial score (nSPS) is 11.3. The number of phenolic OH excluding ortho intramolecular Hbond substituents is 1. The summed E-state index contributed by atoms with van der Waals surface area (Å²) in [6, 6.07) is 8.69. The summed E-state index contributed by atoms with van der Waals surface area (Å²) in [6.07, 6.45) is 0. The number of fused-ring (bicyclic) bond motifs is 3. The molecule has 8 nitrogen and oxygen atoms in total. The zero-order valence-electron chi connectivity index (χ0n) is 15.0. The van der Waals surface area contributed by atoms with E-state index in [2.05, 4.69) is 38.9 Å². The summed E-state index contributed by atoms with van der Waals surface area (Å²) in [4.78, 5) is 33.9. The van der Waals surface area contributed by atoms with Gasteiger partial charge in [-0.2, -0.15) is 0 Å². The van der Waals surface area contributed by atoms with Crippen molar-refractivity contribution < 1.29 is 5.11 Å². The Morgan fingerprint density at radius 3 is 2.48 bits per heavy atom. The number of hydrogen-bond acceptors (Lipinski definition) is 5. The number of nitrogens with one attached hydrogen (secondary N) is 3. The van der Waals surface area contributed by atoms with Gasteiger partial charge in [-0.3, -0.25) is 19.8 Å². The molecule has 4 aromatic rings. The first-order chi connectivity index (χ1) is 13.0. The van der Waals surface area contributed by atoms with E-state index in [4.69, 9.17) is 0 Å². The highest BCUT2D eigenvalue weighted by molar-refractivity contribution is 6.04. The molecule has 8 heteroatoms. The Bertz CT molecular complexity index is 1260. The smallest absolute Gasteiger partial charge is 0.272 e. The van der Waals surface area contributed by atoms with Gasteiger partial charge >= 0.3 is 0 Å². The van der Waals surface area contributed by atoms with Gasteiger partial charge in [-0.15, -0.1) is 0 Å². The molecule has 0 spiro atoms. The number of phenols is 1. The van der Waals surface area contributed by atoms with Crippen LogP contribution >= 0.6 is 0 Å². The molecular formula is C19H19N5O3. The Kier molecular flexibility index (Phi) is 3.95. The molecule has 0 bridgehead atoms. The molecule has 0 fully saturated rings. The van der Waals surface area contributed by atoms with Crippen LogP contribution in [0.5, 0.6) is 5.75 Å². The van der Waals surface area contributed by atoms with E-state index in [1.54, 1.807) is 24.3 Å². The van der Waals surface area contributed by atoms with Gasteiger partial charge in [-0.25, -0.2) is 4.98 Å². The van der Waals surface area contributed by atoms with E-state index in [1.165, 1.54) is 0 Å². The molecule has 2 aromatic heterocycles. The number of anilines is 1. The second-order valence-corrected chi connectivity index (χ2v) is 6.25. The maximum Gasteiger partial charge on any atom is 0.272 e. The third-order valence-corrected chi connectivity index (χ3v) is 4.78. The molecule has 0 amide bonds. The molecule has 0 atom stereocenters. The van der Waals surface area contributed by atoms with Crippen molar-refractivity contribution in [1.29, 1.82) is 0 Å². The second kappa shape index (κ2) is 6.31. The Labute approximate surface area is 153 Å². The van der Waals surface area contributed by atoms with Crippen LogP contribution in [-0.2, 0) is 0 Å². The zero-order chi connectivity index (χ0) is 19.1. The molecule has 0 saturated carbocycles. The van der Waals surface area contributed by atoms with E-state index in [1.807, 2.05) is 6.07 Å². The van der Waals surface area contributed by atoms with Gasteiger partial charge in [0.25, 0.3) is 11.1 Å². The monoisotopic (exact) mass is 365 g/mol. The highest BCUT2D eigenvalue weighted by Gasteiger charge is 2.15. The van der Waals surface area contributed by atoms with E-state index in [0.29, 0.717) is 22.4 Å². The van der Waals surface area contributed by atoms with Crippen molar-refractivity contribution >= 4 is 27.5 Å². The van der Waals surface area contributed by atoms with Gasteiger partial charge in [0.05, 0.1) is 21.9 Å². The molecule has 4 N–H and O–H groups in total. The third kappa shape index (κ3) is 2.66. The summed E-state index contributed by atoms with van der Waals surface area (Å²) in [6.45, 7) is 5.78. The Hall–Kier alpha value is -3.55. The number of aromatic hydroxyl groups is 1. The Morgan fingerprint density at radius 1 is 1.04 bits per heavy atom. The van der Waals surface area contributed by atoms with E-state index in [9.17, 15) is 14.7 Å². The third-order valence-electron chi connectivity index (χ3n) is 4.78. The number of benzene rings is 2. The van der Waals surface area contributed by atoms with Gasteiger partial charge in [-0.05, 0) is 38.1 Å². The lowest BCUT2D eigenvalue weighted by Gasteiger charge is -2.21. The number of H-pyrrole nitrogens is 3. The molecule has 0 aliphatic carbocycles. The average Bonchev–Trinajstić information content (AvgIpc) is 3.09. The zero-order valence-corrected chi connectivity index (χ0v) is 15.0. The van der Waals surface area contributed by atoms with Crippen LogP contribution in [0.2, 0.25) is 0 Å². The summed E-state index contributed by atoms with van der Waals surface area (Å²) in [5.41, 5.74) is 1.64. The number of imidazole rings is 1. The second-order valence-electron chi connectivity index (χ2n) is 6.25. The highest BCUT2D eigenvalue weighted by Crippen LogP contribution is 2.33. The van der Waals surface area contributed by atoms with Crippen LogP contribution in [-0.4, -0.2) is 38.4 Å². The summed E-state index contributed by atoms with van der Waals surface area (Å²) in [5, 5.41) is 15.6. The summed E-state index contributed by atoms with van der Waals surface area (Å²) in [5.74, 6) is 0.523. The van der Waals surface area contributed by atoms with E-state index in [0.717, 1.165) is 18.8 Å². The lowest BCUT2D eigenvalue weighted by Crippen LogP contribution is -2.21. The largest absolute Gasteiger partial charge is 0.507 e. The first-order valence-electron chi connectivity index (χ1n) is 8.75. The Morgan fingerprint density at radius 2 is 1.78 bits per heavy atom. The van der Waals surface area contributed by atoms with E-state index < -0.39 is 5.56 Å². The van der Waals surface area contributed by atoms with Crippen LogP contribution in [0.1, 0.15) is 13.8 Å². The van der Waals surface area contributed by atoms with Crippen molar-refractivity contribution in [2.75, 3.05) is 18.0 Å². The van der Waals surface area contributed by atoms with Gasteiger partial charge in [0.15, 0.2) is 0 Å². The fraction of sp³-hybridized carbons (Fsp3) is 0.211. The molecule has 4 rings (SSSR count). The fourth-order valence-corrected chi connectivity index (χ4v) is 3.37. The first kappa shape index (κ1) is 16.9. The van der Waals surface area contributed by atoms with Crippen LogP contribution in [0.4, 0.5) is 5.69 Å². The molecule has 2 heterocycles. The van der Waals surface area contributed by atoms with Crippen LogP contribution in [0.15, 0.2) is 39.9 Å². The molecule has 0 unspecified atom stereocenters. The average molecular weight is 365 g/mol. The lowest BCUT2D eigenvalue weighted by atomic mass is 10.1. The quantitative estimate of drug-likeness (QED) is 0.443. The standard InChI is InChI=1S/C19H19N5O3/c1-3-24(4-2)10-5-6-11(14(25)9-10)17-20-13-8-7-12-15(16(13)21-17)19(27)23-22-18(12)26/h5-9,25H,3-4H2,1-2H3,(H,20,21)(H,22,26)(H,23,27). The highest BCUT2D eigenvalue weighted by atomic mass is 16.3. The van der Waals surface area contributed by atoms with Crippen LogP contribution < -0.4 is 16.0 Å². The molecule has 0 aliphatic heterocycles. The van der Waals surface area contributed by atoms with Gasteiger partial charge in [-0.1, -0.05) is 0 Å². The molecule has 27 heavy (non-hydrogen) atoms. The first-order valence-corrected chi connectivity index (χ1v) is 8.75. The number of hydrogen-bond donors (Lipinski definition) is 4. The van der Waals surface area contributed by atoms with Crippen molar-refractivity contribution in [2.45, 2.75) is 13.8 Å². The van der Waals surface area contributed by atoms with E-state index >= 15 is 0 Å². The number of aromatic amines is 3. The van der Waals surface area contributed by atoms with Gasteiger partial charge in [0, 0.05) is 24.8 Å². The van der Waals surface area contributed by atoms with Crippen molar-refractivity contribution in [2.24, 2.45) is 0 Å². The summed E-state index contributed by atoms with van der Waals surface area (Å²) < 4.78 is 0. The molecule has 138 valence electrons. The molecule has 0 aliphatic rings. The van der Waals surface area contributed by atoms with Crippen LogP contribution in [0.3, 0.4) is 0 Å². The van der Waals surface area contributed by atoms with Crippen molar-refractivity contribution in [1.82, 2.24) is 20.2 Å². The van der Waals surface area contributed by atoms with Crippen LogP contribution in [0, 0.1) is 0 Å². The van der Waals surface area contributed by atoms with Crippen molar-refractivity contribution in [3.05, 3.63) is 51.0 Å². The van der Waals surface area contributed by atoms with Gasteiger partial charge in [0.2, 0.25) is 0 Å². The maximum absolute atomic E-state index is 12.2. The molecule has 0 radical (unpaired) electrons. The number of nitrogens with zero attached hydrogens (tertiary/aromatic N) is 2. The summed E-state index contributed by atoms with van der Waals surface area (Å²) >= 11 is 0. The lowest BCUT2D eigenvalue weighted by molar-refractivity contribution is 0.477. The predicted molar refractivity (Wildman–Crippen MR) is 106 cm³/mol. The predicted octanol–water partition coefficient (Wildman–Crippen LogP) is 2.31. The van der Waals surface area contributed by atoms with Crippen molar-refractivity contribution in [3.63, 3.8) is 0 Å². The number of rotatable bonds is 4. The topological polar surface area (TPSA) is 118 Å². The van der Waals surface area contributed by atoms with Gasteiger partial charge in [0.1, 0.15) is 17.1 Å². The minimum Gasteiger partial charge on any atom is -0.507 e. The Balaban J connectivity index is 1.90. The minimum absolute atomic E-state index is 0.0921. The van der Waals surface area contributed by atoms with Crippen LogP contribution in [0.25, 0.3) is 33.2 Å². The van der Waals surface area contributed by atoms with E-state index in [-0.39, 0.29) is 22.1 Å². The molecule has 2 aromatic carbocycles. The maximum atomic E-state index is 12.2.